The molecule has 0 atom stereocenters. The minimum absolute atomic E-state index is 0.389. The summed E-state index contributed by atoms with van der Waals surface area (Å²) in [6, 6.07) is 15.5. The highest BCUT2D eigenvalue weighted by atomic mass is 16.5. The third-order valence-electron chi connectivity index (χ3n) is 3.46. The van der Waals surface area contributed by atoms with Crippen LogP contribution in [0.3, 0.4) is 0 Å². The number of nitrogens with zero attached hydrogens (tertiary/aromatic N) is 1. The van der Waals surface area contributed by atoms with Crippen molar-refractivity contribution in [2.24, 2.45) is 0 Å². The van der Waals surface area contributed by atoms with Gasteiger partial charge in [-0.15, -0.1) is 0 Å². The summed E-state index contributed by atoms with van der Waals surface area (Å²) in [7, 11) is 0. The number of aryl methyl sites for hydroxylation is 1. The maximum Gasteiger partial charge on any atom is 0.153 e. The fourth-order valence-corrected chi connectivity index (χ4v) is 2.40. The first-order valence-corrected chi connectivity index (χ1v) is 6.80. The predicted octanol–water partition coefficient (Wildman–Crippen LogP) is 3.93. The van der Waals surface area contributed by atoms with Crippen LogP contribution in [-0.4, -0.2) is 11.3 Å². The molecule has 1 heterocycles. The number of fused-ring (bicyclic) bond motifs is 1. The standard InChI is InChI=1S/C18H15NO2/c1-13-5-2-7-15(11-20)18(13)21-12-16-8-3-6-14-9-4-10-19-17(14)16/h2-11H,12H2,1H3. The van der Waals surface area contributed by atoms with Gasteiger partial charge in [-0.25, -0.2) is 0 Å². The second-order valence-electron chi connectivity index (χ2n) is 4.89. The first kappa shape index (κ1) is 13.3. The smallest absolute Gasteiger partial charge is 0.153 e. The third kappa shape index (κ3) is 2.63. The molecular weight excluding hydrogens is 262 g/mol. The van der Waals surface area contributed by atoms with E-state index in [9.17, 15) is 4.79 Å². The fourth-order valence-electron chi connectivity index (χ4n) is 2.40. The summed E-state index contributed by atoms with van der Waals surface area (Å²) < 4.78 is 5.88. The van der Waals surface area contributed by atoms with E-state index in [1.54, 1.807) is 12.3 Å². The molecule has 0 aliphatic rings. The van der Waals surface area contributed by atoms with Crippen LogP contribution in [0.1, 0.15) is 21.5 Å². The van der Waals surface area contributed by atoms with Crippen molar-refractivity contribution >= 4 is 17.2 Å². The van der Waals surface area contributed by atoms with Crippen molar-refractivity contribution in [2.75, 3.05) is 0 Å². The number of benzene rings is 2. The monoisotopic (exact) mass is 277 g/mol. The molecule has 3 nitrogen and oxygen atoms in total. The highest BCUT2D eigenvalue weighted by Crippen LogP contribution is 2.24. The molecule has 0 fully saturated rings. The van der Waals surface area contributed by atoms with E-state index in [1.165, 1.54) is 0 Å². The number of aromatic nitrogens is 1. The Morgan fingerprint density at radius 1 is 1.10 bits per heavy atom. The first-order valence-electron chi connectivity index (χ1n) is 6.80. The molecule has 104 valence electrons. The van der Waals surface area contributed by atoms with Gasteiger partial charge in [-0.2, -0.15) is 0 Å². The molecular formula is C18H15NO2. The molecule has 3 heteroatoms. The molecule has 0 saturated carbocycles. The number of hydrogen-bond acceptors (Lipinski definition) is 3. The molecule has 0 unspecified atom stereocenters. The number of pyridine rings is 1. The lowest BCUT2D eigenvalue weighted by Crippen LogP contribution is -2.01. The third-order valence-corrected chi connectivity index (χ3v) is 3.46. The second kappa shape index (κ2) is 5.75. The van der Waals surface area contributed by atoms with Gasteiger partial charge in [0.1, 0.15) is 12.4 Å². The number of carbonyl (C=O) groups excluding carboxylic acids is 1. The first-order chi connectivity index (χ1) is 10.3. The average molecular weight is 277 g/mol. The Kier molecular flexibility index (Phi) is 3.65. The predicted molar refractivity (Wildman–Crippen MR) is 82.6 cm³/mol. The van der Waals surface area contributed by atoms with Gasteiger partial charge in [0.05, 0.1) is 11.1 Å². The van der Waals surface area contributed by atoms with Gasteiger partial charge >= 0.3 is 0 Å². The van der Waals surface area contributed by atoms with Gasteiger partial charge in [0, 0.05) is 17.1 Å². The van der Waals surface area contributed by atoms with Crippen LogP contribution in [0, 0.1) is 6.92 Å². The van der Waals surface area contributed by atoms with E-state index in [4.69, 9.17) is 4.74 Å². The maximum absolute atomic E-state index is 11.1. The van der Waals surface area contributed by atoms with Gasteiger partial charge in [-0.05, 0) is 24.6 Å². The number of hydrogen-bond donors (Lipinski definition) is 0. The van der Waals surface area contributed by atoms with E-state index in [1.807, 2.05) is 49.4 Å². The van der Waals surface area contributed by atoms with E-state index in [0.717, 1.165) is 28.3 Å². The van der Waals surface area contributed by atoms with Gasteiger partial charge in [-0.1, -0.05) is 36.4 Å². The molecule has 0 aliphatic carbocycles. The Morgan fingerprint density at radius 3 is 2.76 bits per heavy atom. The summed E-state index contributed by atoms with van der Waals surface area (Å²) in [5.74, 6) is 0.639. The zero-order valence-electron chi connectivity index (χ0n) is 11.7. The van der Waals surface area contributed by atoms with E-state index < -0.39 is 0 Å². The van der Waals surface area contributed by atoms with Crippen LogP contribution in [0.4, 0.5) is 0 Å². The minimum atomic E-state index is 0.389. The normalized spacial score (nSPS) is 10.5. The lowest BCUT2D eigenvalue weighted by molar-refractivity contribution is 0.111. The van der Waals surface area contributed by atoms with E-state index in [0.29, 0.717) is 17.9 Å². The SMILES string of the molecule is Cc1cccc(C=O)c1OCc1cccc2cccnc12. The lowest BCUT2D eigenvalue weighted by atomic mass is 10.1. The summed E-state index contributed by atoms with van der Waals surface area (Å²) in [6.07, 6.45) is 2.60. The lowest BCUT2D eigenvalue weighted by Gasteiger charge is -2.12. The maximum atomic E-state index is 11.1. The van der Waals surface area contributed by atoms with Crippen molar-refractivity contribution in [1.82, 2.24) is 4.98 Å². The molecule has 1 aromatic heterocycles. The Morgan fingerprint density at radius 2 is 1.90 bits per heavy atom. The summed E-state index contributed by atoms with van der Waals surface area (Å²) in [4.78, 5) is 15.5. The van der Waals surface area contributed by atoms with E-state index in [-0.39, 0.29) is 0 Å². The van der Waals surface area contributed by atoms with Crippen LogP contribution in [0.15, 0.2) is 54.7 Å². The fraction of sp³-hybridized carbons (Fsp3) is 0.111. The summed E-state index contributed by atoms with van der Waals surface area (Å²) >= 11 is 0. The molecule has 3 rings (SSSR count). The van der Waals surface area contributed by atoms with Gasteiger partial charge in [0.15, 0.2) is 6.29 Å². The van der Waals surface area contributed by atoms with Crippen molar-refractivity contribution in [3.63, 3.8) is 0 Å². The summed E-state index contributed by atoms with van der Waals surface area (Å²) in [5.41, 5.74) is 3.46. The molecule has 0 aliphatic heterocycles. The number of para-hydroxylation sites is 2. The van der Waals surface area contributed by atoms with E-state index in [2.05, 4.69) is 4.98 Å². The number of carbonyl (C=O) groups is 1. The molecule has 0 bridgehead atoms. The van der Waals surface area contributed by atoms with E-state index >= 15 is 0 Å². The molecule has 0 N–H and O–H groups in total. The van der Waals surface area contributed by atoms with Crippen molar-refractivity contribution in [3.05, 3.63) is 71.4 Å². The van der Waals surface area contributed by atoms with Crippen LogP contribution >= 0.6 is 0 Å². The molecule has 0 amide bonds. The van der Waals surface area contributed by atoms with Gasteiger partial charge in [0.25, 0.3) is 0 Å². The van der Waals surface area contributed by atoms with Crippen molar-refractivity contribution in [3.8, 4) is 5.75 Å². The number of aldehydes is 1. The Hall–Kier alpha value is -2.68. The Labute approximate surface area is 123 Å². The molecule has 21 heavy (non-hydrogen) atoms. The highest BCUT2D eigenvalue weighted by molar-refractivity contribution is 5.82. The van der Waals surface area contributed by atoms with Gasteiger partial charge < -0.3 is 4.74 Å². The summed E-state index contributed by atoms with van der Waals surface area (Å²) in [5, 5.41) is 1.08. The van der Waals surface area contributed by atoms with Gasteiger partial charge in [-0.3, -0.25) is 9.78 Å². The minimum Gasteiger partial charge on any atom is -0.488 e. The quantitative estimate of drug-likeness (QED) is 0.678. The van der Waals surface area contributed by atoms with Crippen molar-refractivity contribution in [2.45, 2.75) is 13.5 Å². The molecule has 0 spiro atoms. The van der Waals surface area contributed by atoms with Crippen molar-refractivity contribution < 1.29 is 9.53 Å². The van der Waals surface area contributed by atoms with Crippen LogP contribution in [0.25, 0.3) is 10.9 Å². The Balaban J connectivity index is 1.93. The largest absolute Gasteiger partial charge is 0.488 e. The number of ether oxygens (including phenoxy) is 1. The van der Waals surface area contributed by atoms with Crippen LogP contribution in [0.5, 0.6) is 5.75 Å². The molecule has 3 aromatic rings. The summed E-state index contributed by atoms with van der Waals surface area (Å²) in [6.45, 7) is 2.32. The zero-order chi connectivity index (χ0) is 14.7. The topological polar surface area (TPSA) is 39.2 Å². The van der Waals surface area contributed by atoms with Gasteiger partial charge in [0.2, 0.25) is 0 Å². The molecule has 0 saturated heterocycles. The second-order valence-corrected chi connectivity index (χ2v) is 4.89. The van der Waals surface area contributed by atoms with Crippen LogP contribution in [-0.2, 0) is 6.61 Å². The zero-order valence-corrected chi connectivity index (χ0v) is 11.7. The Bertz CT molecular complexity index is 791. The molecule has 2 aromatic carbocycles. The highest BCUT2D eigenvalue weighted by Gasteiger charge is 2.08. The average Bonchev–Trinajstić information content (AvgIpc) is 2.53. The molecule has 0 radical (unpaired) electrons. The van der Waals surface area contributed by atoms with Crippen molar-refractivity contribution in [1.29, 1.82) is 0 Å². The van der Waals surface area contributed by atoms with Crippen LogP contribution in [0.2, 0.25) is 0 Å². The number of rotatable bonds is 4. The van der Waals surface area contributed by atoms with Crippen LogP contribution < -0.4 is 4.74 Å².